The SMILES string of the molecule is CNCC=CC12CCC(c3ccccc31)c1ccccc12. The van der Waals surface area contributed by atoms with Gasteiger partial charge in [-0.25, -0.2) is 0 Å². The molecule has 3 aliphatic rings. The van der Waals surface area contributed by atoms with E-state index in [9.17, 15) is 0 Å². The summed E-state index contributed by atoms with van der Waals surface area (Å²) in [6.45, 7) is 0.926. The van der Waals surface area contributed by atoms with Crippen LogP contribution in [0.4, 0.5) is 0 Å². The van der Waals surface area contributed by atoms with E-state index in [0.29, 0.717) is 5.92 Å². The molecule has 0 saturated carbocycles. The summed E-state index contributed by atoms with van der Waals surface area (Å²) in [5.74, 6) is 0.594. The minimum atomic E-state index is 0.0821. The Balaban J connectivity index is 1.96. The van der Waals surface area contributed by atoms with Gasteiger partial charge in [-0.05, 0) is 42.1 Å². The molecular weight excluding hydrogens is 254 g/mol. The van der Waals surface area contributed by atoms with Gasteiger partial charge in [0.15, 0.2) is 0 Å². The lowest BCUT2D eigenvalue weighted by Crippen LogP contribution is -2.38. The predicted molar refractivity (Wildman–Crippen MR) is 87.8 cm³/mol. The Labute approximate surface area is 126 Å². The molecule has 0 atom stereocenters. The molecule has 0 spiro atoms. The number of benzene rings is 2. The maximum Gasteiger partial charge on any atom is 0.0388 e. The summed E-state index contributed by atoms with van der Waals surface area (Å²) in [6, 6.07) is 18.1. The smallest absolute Gasteiger partial charge is 0.0388 e. The van der Waals surface area contributed by atoms with Crippen molar-refractivity contribution >= 4 is 0 Å². The van der Waals surface area contributed by atoms with Gasteiger partial charge in [-0.1, -0.05) is 60.7 Å². The number of nitrogens with one attached hydrogen (secondary N) is 1. The van der Waals surface area contributed by atoms with Crippen molar-refractivity contribution in [2.75, 3.05) is 13.6 Å². The molecule has 5 rings (SSSR count). The average Bonchev–Trinajstić information content (AvgIpc) is 2.56. The average molecular weight is 275 g/mol. The van der Waals surface area contributed by atoms with Crippen LogP contribution in [0.3, 0.4) is 0 Å². The number of fused-ring (bicyclic) bond motifs is 1. The second kappa shape index (κ2) is 4.85. The van der Waals surface area contributed by atoms with Crippen molar-refractivity contribution in [1.82, 2.24) is 5.32 Å². The normalized spacial score (nSPS) is 25.9. The summed E-state index contributed by atoms with van der Waals surface area (Å²) < 4.78 is 0. The fourth-order valence-electron chi connectivity index (χ4n) is 4.32. The Hall–Kier alpha value is -1.86. The van der Waals surface area contributed by atoms with Crippen LogP contribution in [-0.2, 0) is 5.41 Å². The monoisotopic (exact) mass is 275 g/mol. The minimum Gasteiger partial charge on any atom is -0.316 e. The number of allylic oxidation sites excluding steroid dienone is 1. The Kier molecular flexibility index (Phi) is 2.97. The molecule has 106 valence electrons. The lowest BCUT2D eigenvalue weighted by atomic mass is 9.55. The standard InChI is InChI=1S/C20H21N/c1-21-14-6-12-20-13-11-15(16-7-2-4-9-18(16)20)17-8-3-5-10-19(17)20/h2-10,12,15,21H,11,13-14H2,1H3. The van der Waals surface area contributed by atoms with Gasteiger partial charge in [0.05, 0.1) is 0 Å². The van der Waals surface area contributed by atoms with Crippen LogP contribution < -0.4 is 5.32 Å². The first-order chi connectivity index (χ1) is 10.4. The summed E-state index contributed by atoms with van der Waals surface area (Å²) in [7, 11) is 2.00. The molecule has 0 aliphatic heterocycles. The molecule has 1 N–H and O–H groups in total. The van der Waals surface area contributed by atoms with Crippen LogP contribution in [0.1, 0.15) is 41.0 Å². The molecular formula is C20H21N. The summed E-state index contributed by atoms with van der Waals surface area (Å²) in [5, 5.41) is 3.22. The van der Waals surface area contributed by atoms with Gasteiger partial charge in [0, 0.05) is 17.9 Å². The summed E-state index contributed by atoms with van der Waals surface area (Å²) in [5.41, 5.74) is 6.20. The van der Waals surface area contributed by atoms with Crippen molar-refractivity contribution in [1.29, 1.82) is 0 Å². The zero-order chi connectivity index (χ0) is 14.3. The lowest BCUT2D eigenvalue weighted by Gasteiger charge is -2.48. The first kappa shape index (κ1) is 12.8. The Bertz CT molecular complexity index is 651. The van der Waals surface area contributed by atoms with Crippen molar-refractivity contribution in [2.24, 2.45) is 0 Å². The van der Waals surface area contributed by atoms with Gasteiger partial charge in [-0.15, -0.1) is 0 Å². The third kappa shape index (κ3) is 1.74. The Morgan fingerprint density at radius 1 is 1.05 bits per heavy atom. The van der Waals surface area contributed by atoms with E-state index in [1.54, 1.807) is 0 Å². The van der Waals surface area contributed by atoms with Crippen molar-refractivity contribution in [3.05, 3.63) is 82.9 Å². The van der Waals surface area contributed by atoms with Crippen molar-refractivity contribution < 1.29 is 0 Å². The first-order valence-electron chi connectivity index (χ1n) is 7.88. The molecule has 2 aromatic carbocycles. The molecule has 0 heterocycles. The van der Waals surface area contributed by atoms with Gasteiger partial charge in [0.25, 0.3) is 0 Å². The summed E-state index contributed by atoms with van der Waals surface area (Å²) in [6.07, 6.45) is 7.22. The van der Waals surface area contributed by atoms with Gasteiger partial charge < -0.3 is 5.32 Å². The third-order valence-corrected chi connectivity index (χ3v) is 5.19. The van der Waals surface area contributed by atoms with E-state index in [1.807, 2.05) is 7.05 Å². The number of hydrogen-bond acceptors (Lipinski definition) is 1. The van der Waals surface area contributed by atoms with E-state index < -0.39 is 0 Å². The van der Waals surface area contributed by atoms with Crippen LogP contribution in [0.2, 0.25) is 0 Å². The van der Waals surface area contributed by atoms with Crippen LogP contribution in [0.5, 0.6) is 0 Å². The molecule has 2 aromatic rings. The predicted octanol–water partition coefficient (Wildman–Crippen LogP) is 3.99. The highest BCUT2D eigenvalue weighted by Gasteiger charge is 2.46. The van der Waals surface area contributed by atoms with Crippen LogP contribution in [0.25, 0.3) is 0 Å². The van der Waals surface area contributed by atoms with Gasteiger partial charge in [-0.2, -0.15) is 0 Å². The second-order valence-corrected chi connectivity index (χ2v) is 6.20. The van der Waals surface area contributed by atoms with Gasteiger partial charge in [0.1, 0.15) is 0 Å². The Morgan fingerprint density at radius 2 is 1.67 bits per heavy atom. The van der Waals surface area contributed by atoms with Crippen LogP contribution >= 0.6 is 0 Å². The maximum atomic E-state index is 3.22. The molecule has 1 nitrogen and oxygen atoms in total. The van der Waals surface area contributed by atoms with E-state index in [4.69, 9.17) is 0 Å². The third-order valence-electron chi connectivity index (χ3n) is 5.19. The largest absolute Gasteiger partial charge is 0.316 e. The fourth-order valence-corrected chi connectivity index (χ4v) is 4.32. The molecule has 3 aliphatic carbocycles. The fraction of sp³-hybridized carbons (Fsp3) is 0.300. The van der Waals surface area contributed by atoms with Crippen LogP contribution in [0, 0.1) is 0 Å². The molecule has 0 saturated heterocycles. The topological polar surface area (TPSA) is 12.0 Å². The second-order valence-electron chi connectivity index (χ2n) is 6.20. The molecule has 0 radical (unpaired) electrons. The molecule has 21 heavy (non-hydrogen) atoms. The van der Waals surface area contributed by atoms with Gasteiger partial charge in [0.2, 0.25) is 0 Å². The van der Waals surface area contributed by atoms with E-state index in [1.165, 1.54) is 35.1 Å². The number of likely N-dealkylation sites (N-methyl/N-ethyl adjacent to an activating group) is 1. The molecule has 1 heteroatoms. The van der Waals surface area contributed by atoms with Gasteiger partial charge in [-0.3, -0.25) is 0 Å². The molecule has 0 unspecified atom stereocenters. The highest BCUT2D eigenvalue weighted by Crippen LogP contribution is 2.56. The van der Waals surface area contributed by atoms with Crippen LogP contribution in [0.15, 0.2) is 60.7 Å². The van der Waals surface area contributed by atoms with Crippen molar-refractivity contribution in [3.63, 3.8) is 0 Å². The molecule has 2 bridgehead atoms. The zero-order valence-electron chi connectivity index (χ0n) is 12.5. The highest BCUT2D eigenvalue weighted by atomic mass is 14.8. The summed E-state index contributed by atoms with van der Waals surface area (Å²) in [4.78, 5) is 0. The van der Waals surface area contributed by atoms with Gasteiger partial charge >= 0.3 is 0 Å². The van der Waals surface area contributed by atoms with E-state index in [-0.39, 0.29) is 5.41 Å². The number of hydrogen-bond donors (Lipinski definition) is 1. The van der Waals surface area contributed by atoms with Crippen molar-refractivity contribution in [2.45, 2.75) is 24.2 Å². The maximum absolute atomic E-state index is 3.22. The highest BCUT2D eigenvalue weighted by molar-refractivity contribution is 5.61. The zero-order valence-corrected chi connectivity index (χ0v) is 12.5. The Morgan fingerprint density at radius 3 is 2.29 bits per heavy atom. The van der Waals surface area contributed by atoms with E-state index in [2.05, 4.69) is 66.0 Å². The molecule has 0 fully saturated rings. The first-order valence-corrected chi connectivity index (χ1v) is 7.88. The molecule has 0 aromatic heterocycles. The summed E-state index contributed by atoms with van der Waals surface area (Å²) >= 11 is 0. The van der Waals surface area contributed by atoms with Crippen LogP contribution in [-0.4, -0.2) is 13.6 Å². The molecule has 0 amide bonds. The quantitative estimate of drug-likeness (QED) is 0.835. The number of rotatable bonds is 3. The van der Waals surface area contributed by atoms with Crippen molar-refractivity contribution in [3.8, 4) is 0 Å². The minimum absolute atomic E-state index is 0.0821. The lowest BCUT2D eigenvalue weighted by molar-refractivity contribution is 0.439. The van der Waals surface area contributed by atoms with E-state index >= 15 is 0 Å². The van der Waals surface area contributed by atoms with E-state index in [0.717, 1.165) is 6.54 Å².